The first-order valence-corrected chi connectivity index (χ1v) is 5.11. The molecule has 0 aromatic heterocycles. The second-order valence-electron chi connectivity index (χ2n) is 3.77. The maximum absolute atomic E-state index is 2.26. The summed E-state index contributed by atoms with van der Waals surface area (Å²) in [5.74, 6) is 5.06. The highest BCUT2D eigenvalue weighted by Gasteiger charge is 2.52. The molecule has 3 fully saturated rings. The first-order chi connectivity index (χ1) is 4.45. The molecule has 0 aromatic carbocycles. The molecule has 4 atom stereocenters. The molecule has 4 unspecified atom stereocenters. The van der Waals surface area contributed by atoms with Crippen LogP contribution in [0.1, 0.15) is 19.3 Å². The zero-order valence-corrected chi connectivity index (χ0v) is 6.36. The van der Waals surface area contributed by atoms with Crippen molar-refractivity contribution in [3.05, 3.63) is 0 Å². The Morgan fingerprint density at radius 2 is 2.11 bits per heavy atom. The molecule has 0 aromatic rings. The zero-order chi connectivity index (χ0) is 5.84. The van der Waals surface area contributed by atoms with Crippen LogP contribution in [0.5, 0.6) is 0 Å². The molecule has 2 saturated carbocycles. The van der Waals surface area contributed by atoms with E-state index in [9.17, 15) is 0 Å². The van der Waals surface area contributed by atoms with Crippen molar-refractivity contribution in [3.63, 3.8) is 0 Å². The van der Waals surface area contributed by atoms with Crippen LogP contribution < -0.4 is 0 Å². The zero-order valence-electron chi connectivity index (χ0n) is 5.55. The van der Waals surface area contributed by atoms with Gasteiger partial charge in [0.1, 0.15) is 0 Å². The van der Waals surface area contributed by atoms with Crippen molar-refractivity contribution in [1.29, 1.82) is 0 Å². The fourth-order valence-corrected chi connectivity index (χ4v) is 5.05. The second kappa shape index (κ2) is 1.50. The van der Waals surface area contributed by atoms with Crippen molar-refractivity contribution < 1.29 is 0 Å². The van der Waals surface area contributed by atoms with E-state index in [0.29, 0.717) is 0 Å². The maximum atomic E-state index is 2.26. The van der Waals surface area contributed by atoms with Crippen molar-refractivity contribution in [2.45, 2.75) is 24.5 Å². The maximum Gasteiger partial charge on any atom is 0.00812 e. The highest BCUT2D eigenvalue weighted by atomic mass is 32.2. The molecule has 1 heterocycles. The van der Waals surface area contributed by atoms with Crippen molar-refractivity contribution >= 4 is 11.8 Å². The van der Waals surface area contributed by atoms with E-state index in [1.54, 1.807) is 19.3 Å². The molecular formula is C8H12S. The lowest BCUT2D eigenvalue weighted by Crippen LogP contribution is -2.11. The van der Waals surface area contributed by atoms with E-state index in [-0.39, 0.29) is 0 Å². The quantitative estimate of drug-likeness (QED) is 0.497. The van der Waals surface area contributed by atoms with E-state index in [0.717, 1.165) is 5.25 Å². The largest absolute Gasteiger partial charge is 0.158 e. The van der Waals surface area contributed by atoms with Gasteiger partial charge in [-0.05, 0) is 42.8 Å². The third kappa shape index (κ3) is 0.485. The Kier molecular flexibility index (Phi) is 0.843. The van der Waals surface area contributed by atoms with Crippen LogP contribution in [0, 0.1) is 17.8 Å². The molecule has 0 N–H and O–H groups in total. The van der Waals surface area contributed by atoms with Crippen molar-refractivity contribution in [1.82, 2.24) is 0 Å². The fourth-order valence-electron chi connectivity index (χ4n) is 3.10. The van der Waals surface area contributed by atoms with Gasteiger partial charge in [-0.25, -0.2) is 0 Å². The van der Waals surface area contributed by atoms with Gasteiger partial charge in [-0.15, -0.1) is 0 Å². The van der Waals surface area contributed by atoms with E-state index in [1.807, 2.05) is 0 Å². The molecule has 1 heteroatoms. The van der Waals surface area contributed by atoms with Gasteiger partial charge in [0.15, 0.2) is 0 Å². The first kappa shape index (κ1) is 5.06. The summed E-state index contributed by atoms with van der Waals surface area (Å²) in [5.41, 5.74) is 0. The van der Waals surface area contributed by atoms with E-state index < -0.39 is 0 Å². The summed E-state index contributed by atoms with van der Waals surface area (Å²) in [6, 6.07) is 0. The minimum absolute atomic E-state index is 1.12. The first-order valence-electron chi connectivity index (χ1n) is 4.07. The van der Waals surface area contributed by atoms with Gasteiger partial charge in [-0.2, -0.15) is 11.8 Å². The Bertz CT molecular complexity index is 128. The molecule has 1 saturated heterocycles. The number of thioether (sulfide) groups is 1. The average Bonchev–Trinajstić information content (AvgIpc) is 2.50. The third-order valence-electron chi connectivity index (χ3n) is 3.54. The van der Waals surface area contributed by atoms with Crippen LogP contribution in [0.15, 0.2) is 0 Å². The minimum Gasteiger partial charge on any atom is -0.158 e. The van der Waals surface area contributed by atoms with Crippen LogP contribution in [0.4, 0.5) is 0 Å². The van der Waals surface area contributed by atoms with Crippen molar-refractivity contribution in [2.24, 2.45) is 17.8 Å². The summed E-state index contributed by atoms with van der Waals surface area (Å²) in [5, 5.41) is 1.12. The molecular weight excluding hydrogens is 128 g/mol. The molecule has 1 aliphatic heterocycles. The summed E-state index contributed by atoms with van der Waals surface area (Å²) >= 11 is 2.26. The molecule has 50 valence electrons. The van der Waals surface area contributed by atoms with Crippen LogP contribution in [0.2, 0.25) is 0 Å². The van der Waals surface area contributed by atoms with Crippen LogP contribution in [-0.4, -0.2) is 11.0 Å². The van der Waals surface area contributed by atoms with Crippen LogP contribution in [0.25, 0.3) is 0 Å². The predicted octanol–water partition coefficient (Wildman–Crippen LogP) is 2.15. The molecule has 3 aliphatic rings. The van der Waals surface area contributed by atoms with Gasteiger partial charge in [0.05, 0.1) is 0 Å². The van der Waals surface area contributed by atoms with E-state index in [4.69, 9.17) is 0 Å². The van der Waals surface area contributed by atoms with Crippen LogP contribution >= 0.6 is 11.8 Å². The van der Waals surface area contributed by atoms with Gasteiger partial charge in [-0.3, -0.25) is 0 Å². The van der Waals surface area contributed by atoms with Crippen LogP contribution in [0.3, 0.4) is 0 Å². The Balaban J connectivity index is 2.02. The Morgan fingerprint density at radius 3 is 2.67 bits per heavy atom. The normalized spacial score (nSPS) is 61.3. The van der Waals surface area contributed by atoms with Gasteiger partial charge in [0, 0.05) is 5.25 Å². The topological polar surface area (TPSA) is 0 Å². The van der Waals surface area contributed by atoms with Gasteiger partial charge in [0.25, 0.3) is 0 Å². The summed E-state index contributed by atoms with van der Waals surface area (Å²) < 4.78 is 0. The third-order valence-corrected chi connectivity index (χ3v) is 5.09. The fraction of sp³-hybridized carbons (Fsp3) is 1.00. The second-order valence-corrected chi connectivity index (χ2v) is 5.04. The molecule has 9 heavy (non-hydrogen) atoms. The van der Waals surface area contributed by atoms with Gasteiger partial charge in [0.2, 0.25) is 0 Å². The lowest BCUT2D eigenvalue weighted by Gasteiger charge is -2.19. The molecule has 3 rings (SSSR count). The Hall–Kier alpha value is 0.350. The number of rotatable bonds is 0. The highest BCUT2D eigenvalue weighted by Crippen LogP contribution is 2.59. The SMILES string of the molecule is C1CC2C3CC1C2CS3. The smallest absolute Gasteiger partial charge is 0.00812 e. The Labute approximate surface area is 60.4 Å². The molecule has 0 nitrogen and oxygen atoms in total. The standard InChI is InChI=1S/C8H12S/c1-2-6-7-4-9-8(6)3-5(1)7/h5-8H,1-4H2. The van der Waals surface area contributed by atoms with E-state index in [2.05, 4.69) is 11.8 Å². The summed E-state index contributed by atoms with van der Waals surface area (Å²) in [6.45, 7) is 0. The highest BCUT2D eigenvalue weighted by molar-refractivity contribution is 8.00. The summed E-state index contributed by atoms with van der Waals surface area (Å²) in [6.07, 6.45) is 4.74. The lowest BCUT2D eigenvalue weighted by molar-refractivity contribution is 0.458. The average molecular weight is 140 g/mol. The predicted molar refractivity (Wildman–Crippen MR) is 40.6 cm³/mol. The van der Waals surface area contributed by atoms with E-state index in [1.165, 1.54) is 23.5 Å². The lowest BCUT2D eigenvalue weighted by atomic mass is 10.0. The van der Waals surface area contributed by atoms with Crippen molar-refractivity contribution in [3.8, 4) is 0 Å². The summed E-state index contributed by atoms with van der Waals surface area (Å²) in [4.78, 5) is 0. The van der Waals surface area contributed by atoms with E-state index >= 15 is 0 Å². The molecule has 0 radical (unpaired) electrons. The van der Waals surface area contributed by atoms with Gasteiger partial charge >= 0.3 is 0 Å². The molecule has 0 spiro atoms. The van der Waals surface area contributed by atoms with Crippen LogP contribution in [-0.2, 0) is 0 Å². The van der Waals surface area contributed by atoms with Crippen molar-refractivity contribution in [2.75, 3.05) is 5.75 Å². The van der Waals surface area contributed by atoms with Gasteiger partial charge < -0.3 is 0 Å². The minimum atomic E-state index is 1.12. The monoisotopic (exact) mass is 140 g/mol. The Morgan fingerprint density at radius 1 is 1.11 bits per heavy atom. The molecule has 0 amide bonds. The summed E-state index contributed by atoms with van der Waals surface area (Å²) in [7, 11) is 0. The number of hydrogen-bond donors (Lipinski definition) is 0. The van der Waals surface area contributed by atoms with Gasteiger partial charge in [-0.1, -0.05) is 0 Å². The number of hydrogen-bond acceptors (Lipinski definition) is 1. The molecule has 4 bridgehead atoms. The molecule has 2 aliphatic carbocycles.